The van der Waals surface area contributed by atoms with Crippen LogP contribution in [0.25, 0.3) is 0 Å². The Morgan fingerprint density at radius 1 is 1.24 bits per heavy atom. The second-order valence-corrected chi connectivity index (χ2v) is 7.60. The zero-order chi connectivity index (χ0) is 17.6. The first kappa shape index (κ1) is 16.3. The summed E-state index contributed by atoms with van der Waals surface area (Å²) in [6.07, 6.45) is 3.53. The number of hydrogen-bond acceptors (Lipinski definition) is 3. The molecule has 2 aromatic rings. The molecular weight excluding hydrogens is 312 g/mol. The molecule has 1 fully saturated rings. The van der Waals surface area contributed by atoms with E-state index >= 15 is 0 Å². The van der Waals surface area contributed by atoms with Gasteiger partial charge in [-0.2, -0.15) is 0 Å². The number of benzene rings is 2. The molecule has 2 aromatic carbocycles. The summed E-state index contributed by atoms with van der Waals surface area (Å²) >= 11 is 0. The fourth-order valence-electron chi connectivity index (χ4n) is 4.18. The molecular formula is C22H24O3. The Balaban J connectivity index is 1.71. The van der Waals surface area contributed by atoms with Crippen LogP contribution in [0.15, 0.2) is 42.5 Å². The minimum Gasteiger partial charge on any atom is -0.423 e. The predicted octanol–water partition coefficient (Wildman–Crippen LogP) is 5.32. The van der Waals surface area contributed by atoms with E-state index in [1.165, 1.54) is 24.0 Å². The molecule has 0 N–H and O–H groups in total. The van der Waals surface area contributed by atoms with E-state index in [0.717, 1.165) is 12.0 Å². The number of hydrogen-bond donors (Lipinski definition) is 0. The van der Waals surface area contributed by atoms with Crippen LogP contribution < -0.4 is 4.74 Å². The first-order valence-electron chi connectivity index (χ1n) is 9.08. The third-order valence-electron chi connectivity index (χ3n) is 5.65. The lowest BCUT2D eigenvalue weighted by Gasteiger charge is -2.24. The van der Waals surface area contributed by atoms with E-state index in [2.05, 4.69) is 19.9 Å². The molecule has 130 valence electrons. The Morgan fingerprint density at radius 3 is 2.76 bits per heavy atom. The van der Waals surface area contributed by atoms with E-state index in [1.54, 1.807) is 12.1 Å². The lowest BCUT2D eigenvalue weighted by atomic mass is 9.82. The summed E-state index contributed by atoms with van der Waals surface area (Å²) in [4.78, 5) is 12.4. The molecule has 2 aliphatic rings. The molecule has 0 unspecified atom stereocenters. The van der Waals surface area contributed by atoms with Gasteiger partial charge in [0.2, 0.25) is 0 Å². The van der Waals surface area contributed by atoms with Crippen LogP contribution in [0.3, 0.4) is 0 Å². The third kappa shape index (κ3) is 2.77. The zero-order valence-corrected chi connectivity index (χ0v) is 15.0. The molecule has 0 saturated carbocycles. The molecule has 2 aliphatic heterocycles. The minimum atomic E-state index is -0.318. The minimum absolute atomic E-state index is 0.153. The lowest BCUT2D eigenvalue weighted by molar-refractivity contribution is -0.0755. The summed E-state index contributed by atoms with van der Waals surface area (Å²) in [5.74, 6) is 0.831. The van der Waals surface area contributed by atoms with E-state index in [1.807, 2.05) is 31.2 Å². The molecule has 25 heavy (non-hydrogen) atoms. The van der Waals surface area contributed by atoms with Crippen LogP contribution in [-0.2, 0) is 10.3 Å². The maximum absolute atomic E-state index is 12.4. The summed E-state index contributed by atoms with van der Waals surface area (Å²) in [5.41, 5.74) is 3.73. The standard InChI is InChI=1S/C22H24O3/c1-14-8-7-11-22(3)18-13-19(15(2)12-17(18)20(14)25-22)24-21(23)16-9-5-4-6-10-16/h4-6,9-10,12-14,20H,7-8,11H2,1-3H3/t14-,20-,22+/m0/s1. The molecule has 0 amide bonds. The number of carbonyl (C=O) groups is 1. The Hall–Kier alpha value is -2.13. The number of fused-ring (bicyclic) bond motifs is 5. The van der Waals surface area contributed by atoms with Gasteiger partial charge in [-0.3, -0.25) is 0 Å². The summed E-state index contributed by atoms with van der Waals surface area (Å²) < 4.78 is 12.2. The SMILES string of the molecule is Cc1cc2c(cc1OC(=O)c1ccccc1)[C@@]1(C)CCC[C@H](C)[C@@H]2O1. The molecule has 0 radical (unpaired) electrons. The smallest absolute Gasteiger partial charge is 0.343 e. The van der Waals surface area contributed by atoms with Gasteiger partial charge in [-0.15, -0.1) is 0 Å². The van der Waals surface area contributed by atoms with Crippen molar-refractivity contribution >= 4 is 5.97 Å². The molecule has 3 heteroatoms. The molecule has 1 saturated heterocycles. The Kier molecular flexibility index (Phi) is 3.92. The van der Waals surface area contributed by atoms with Gasteiger partial charge in [0.1, 0.15) is 5.75 Å². The van der Waals surface area contributed by atoms with Crippen LogP contribution in [0, 0.1) is 12.8 Å². The van der Waals surface area contributed by atoms with Gasteiger partial charge in [0.05, 0.1) is 17.3 Å². The van der Waals surface area contributed by atoms with Crippen molar-refractivity contribution in [1.29, 1.82) is 0 Å². The van der Waals surface area contributed by atoms with Gasteiger partial charge in [-0.25, -0.2) is 4.79 Å². The third-order valence-corrected chi connectivity index (χ3v) is 5.65. The van der Waals surface area contributed by atoms with Crippen molar-refractivity contribution in [1.82, 2.24) is 0 Å². The summed E-state index contributed by atoms with van der Waals surface area (Å²) in [7, 11) is 0. The van der Waals surface area contributed by atoms with Crippen molar-refractivity contribution in [3.05, 3.63) is 64.7 Å². The van der Waals surface area contributed by atoms with Crippen LogP contribution in [0.4, 0.5) is 0 Å². The highest BCUT2D eigenvalue weighted by atomic mass is 16.5. The van der Waals surface area contributed by atoms with Gasteiger partial charge in [-0.05, 0) is 80.0 Å². The van der Waals surface area contributed by atoms with Crippen molar-refractivity contribution in [2.45, 2.75) is 51.7 Å². The highest BCUT2D eigenvalue weighted by Crippen LogP contribution is 2.53. The maximum Gasteiger partial charge on any atom is 0.343 e. The quantitative estimate of drug-likeness (QED) is 0.550. The van der Waals surface area contributed by atoms with Crippen molar-refractivity contribution in [3.63, 3.8) is 0 Å². The van der Waals surface area contributed by atoms with Crippen molar-refractivity contribution in [3.8, 4) is 5.75 Å². The van der Waals surface area contributed by atoms with E-state index in [-0.39, 0.29) is 17.7 Å². The van der Waals surface area contributed by atoms with Gasteiger partial charge in [0.15, 0.2) is 0 Å². The van der Waals surface area contributed by atoms with Gasteiger partial charge < -0.3 is 9.47 Å². The van der Waals surface area contributed by atoms with Crippen LogP contribution in [0.1, 0.15) is 66.3 Å². The first-order valence-corrected chi connectivity index (χ1v) is 9.08. The molecule has 2 heterocycles. The highest BCUT2D eigenvalue weighted by molar-refractivity contribution is 5.91. The number of ether oxygens (including phenoxy) is 2. The number of rotatable bonds is 2. The summed E-state index contributed by atoms with van der Waals surface area (Å²) in [6.45, 7) is 6.43. The molecule has 0 spiro atoms. The van der Waals surface area contributed by atoms with E-state index in [0.29, 0.717) is 17.2 Å². The van der Waals surface area contributed by atoms with E-state index < -0.39 is 0 Å². The average Bonchev–Trinajstić information content (AvgIpc) is 2.78. The second-order valence-electron chi connectivity index (χ2n) is 7.60. The highest BCUT2D eigenvalue weighted by Gasteiger charge is 2.45. The summed E-state index contributed by atoms with van der Waals surface area (Å²) in [5, 5.41) is 0. The van der Waals surface area contributed by atoms with Gasteiger partial charge >= 0.3 is 5.97 Å². The van der Waals surface area contributed by atoms with Crippen LogP contribution in [0.5, 0.6) is 5.75 Å². The maximum atomic E-state index is 12.4. The number of esters is 1. The molecule has 2 bridgehead atoms. The largest absolute Gasteiger partial charge is 0.423 e. The fraction of sp³-hybridized carbons (Fsp3) is 0.409. The normalized spacial score (nSPS) is 27.5. The van der Waals surface area contributed by atoms with E-state index in [4.69, 9.17) is 9.47 Å². The van der Waals surface area contributed by atoms with Gasteiger partial charge in [-0.1, -0.05) is 25.1 Å². The predicted molar refractivity (Wildman–Crippen MR) is 96.8 cm³/mol. The van der Waals surface area contributed by atoms with Crippen LogP contribution in [-0.4, -0.2) is 5.97 Å². The first-order chi connectivity index (χ1) is 12.0. The lowest BCUT2D eigenvalue weighted by Crippen LogP contribution is -2.20. The molecule has 3 atom stereocenters. The van der Waals surface area contributed by atoms with Gasteiger partial charge in [0, 0.05) is 0 Å². The van der Waals surface area contributed by atoms with E-state index in [9.17, 15) is 4.79 Å². The molecule has 0 aliphatic carbocycles. The van der Waals surface area contributed by atoms with Crippen LogP contribution in [0.2, 0.25) is 0 Å². The average molecular weight is 336 g/mol. The summed E-state index contributed by atoms with van der Waals surface area (Å²) in [6, 6.07) is 13.3. The monoisotopic (exact) mass is 336 g/mol. The number of carbonyl (C=O) groups excluding carboxylic acids is 1. The van der Waals surface area contributed by atoms with Crippen LogP contribution >= 0.6 is 0 Å². The molecule has 0 aromatic heterocycles. The fourth-order valence-corrected chi connectivity index (χ4v) is 4.18. The molecule has 4 rings (SSSR count). The topological polar surface area (TPSA) is 35.5 Å². The van der Waals surface area contributed by atoms with Crippen molar-refractivity contribution in [2.24, 2.45) is 5.92 Å². The Morgan fingerprint density at radius 2 is 2.00 bits per heavy atom. The van der Waals surface area contributed by atoms with Crippen molar-refractivity contribution < 1.29 is 14.3 Å². The van der Waals surface area contributed by atoms with Crippen molar-refractivity contribution in [2.75, 3.05) is 0 Å². The van der Waals surface area contributed by atoms with Gasteiger partial charge in [0.25, 0.3) is 0 Å². The number of aryl methyl sites for hydroxylation is 1. The Bertz CT molecular complexity index is 812. The Labute approximate surface area is 149 Å². The zero-order valence-electron chi connectivity index (χ0n) is 15.0. The molecule has 3 nitrogen and oxygen atoms in total. The second kappa shape index (κ2) is 5.99.